The second-order valence-electron chi connectivity index (χ2n) is 7.48. The molecular weight excluding hydrogens is 462 g/mol. The Kier molecular flexibility index (Phi) is 6.66. The summed E-state index contributed by atoms with van der Waals surface area (Å²) >= 11 is 1.38. The van der Waals surface area contributed by atoms with E-state index < -0.39 is 10.0 Å². The van der Waals surface area contributed by atoms with Gasteiger partial charge in [0.1, 0.15) is 15.7 Å². The molecule has 1 unspecified atom stereocenters. The number of methoxy groups -OCH3 is 1. The molecule has 2 aromatic carbocycles. The van der Waals surface area contributed by atoms with Crippen LogP contribution >= 0.6 is 11.8 Å². The van der Waals surface area contributed by atoms with Gasteiger partial charge in [-0.1, -0.05) is 43.0 Å². The zero-order valence-corrected chi connectivity index (χ0v) is 20.2. The fourth-order valence-corrected chi connectivity index (χ4v) is 5.90. The summed E-state index contributed by atoms with van der Waals surface area (Å²) in [6.45, 7) is 2.32. The summed E-state index contributed by atoms with van der Waals surface area (Å²) in [6.07, 6.45) is 1.12. The van der Waals surface area contributed by atoms with E-state index in [-0.39, 0.29) is 22.1 Å². The van der Waals surface area contributed by atoms with Crippen LogP contribution in [0.5, 0.6) is 5.75 Å². The summed E-state index contributed by atoms with van der Waals surface area (Å²) in [7, 11) is -0.909. The third-order valence-electron chi connectivity index (χ3n) is 5.26. The molecule has 1 aliphatic heterocycles. The number of aromatic nitrogens is 1. The Morgan fingerprint density at radius 3 is 2.79 bits per heavy atom. The van der Waals surface area contributed by atoms with Crippen LogP contribution in [-0.4, -0.2) is 50.6 Å². The van der Waals surface area contributed by atoms with Crippen LogP contribution in [0.4, 0.5) is 5.69 Å². The first-order chi connectivity index (χ1) is 15.8. The van der Waals surface area contributed by atoms with Gasteiger partial charge in [0.05, 0.1) is 30.6 Å². The second kappa shape index (κ2) is 9.48. The Morgan fingerprint density at radius 2 is 2.03 bits per heavy atom. The molecule has 0 spiro atoms. The molecule has 1 N–H and O–H groups in total. The number of H-pyrrole nitrogens is 1. The molecule has 0 aliphatic carbocycles. The van der Waals surface area contributed by atoms with Crippen LogP contribution < -0.4 is 9.04 Å². The summed E-state index contributed by atoms with van der Waals surface area (Å²) in [6, 6.07) is 13.9. The van der Waals surface area contributed by atoms with Crippen LogP contribution in [-0.2, 0) is 19.6 Å². The molecule has 10 heteroatoms. The first kappa shape index (κ1) is 23.2. The van der Waals surface area contributed by atoms with Crippen molar-refractivity contribution in [2.75, 3.05) is 25.0 Å². The van der Waals surface area contributed by atoms with Crippen LogP contribution in [0.2, 0.25) is 0 Å². The number of hydrogen-bond donors (Lipinski definition) is 1. The van der Waals surface area contributed by atoms with Crippen LogP contribution in [0.15, 0.2) is 58.4 Å². The van der Waals surface area contributed by atoms with Gasteiger partial charge in [0.25, 0.3) is 10.0 Å². The minimum atomic E-state index is -3.87. The van der Waals surface area contributed by atoms with Gasteiger partial charge in [-0.05, 0) is 30.7 Å². The fourth-order valence-electron chi connectivity index (χ4n) is 3.60. The van der Waals surface area contributed by atoms with Gasteiger partial charge in [0, 0.05) is 18.9 Å². The number of esters is 1. The van der Waals surface area contributed by atoms with Gasteiger partial charge >= 0.3 is 5.97 Å². The van der Waals surface area contributed by atoms with Crippen molar-refractivity contribution in [2.45, 2.75) is 30.1 Å². The lowest BCUT2D eigenvalue weighted by Gasteiger charge is -2.21. The number of hydrogen-bond acceptors (Lipinski definition) is 7. The van der Waals surface area contributed by atoms with Gasteiger partial charge in [-0.25, -0.2) is 8.42 Å². The van der Waals surface area contributed by atoms with Gasteiger partial charge < -0.3 is 14.5 Å². The number of aromatic amines is 1. The number of fused-ring (bicyclic) bond motifs is 1. The molecule has 1 aromatic heterocycles. The predicted octanol–water partition coefficient (Wildman–Crippen LogP) is 4.16. The molecule has 4 rings (SSSR count). The van der Waals surface area contributed by atoms with Gasteiger partial charge in [-0.3, -0.25) is 14.1 Å². The number of nitrogens with one attached hydrogen (secondary N) is 1. The van der Waals surface area contributed by atoms with Crippen molar-refractivity contribution in [3.63, 3.8) is 0 Å². The number of aliphatic imine (C=N–C) groups is 1. The first-order valence-corrected chi connectivity index (χ1v) is 12.8. The van der Waals surface area contributed by atoms with Gasteiger partial charge in [-0.2, -0.15) is 0 Å². The van der Waals surface area contributed by atoms with E-state index in [2.05, 4.69) is 9.98 Å². The van der Waals surface area contributed by atoms with E-state index in [0.717, 1.165) is 22.5 Å². The van der Waals surface area contributed by atoms with E-state index in [4.69, 9.17) is 9.47 Å². The van der Waals surface area contributed by atoms with Crippen LogP contribution in [0.25, 0.3) is 10.9 Å². The fraction of sp³-hybridized carbons (Fsp3) is 0.304. The maximum atomic E-state index is 13.4. The molecule has 0 amide bonds. The van der Waals surface area contributed by atoms with E-state index in [9.17, 15) is 13.2 Å². The number of rotatable bonds is 8. The highest BCUT2D eigenvalue weighted by Gasteiger charge is 2.28. The lowest BCUT2D eigenvalue weighted by atomic mass is 10.2. The highest BCUT2D eigenvalue weighted by molar-refractivity contribution is 8.15. The van der Waals surface area contributed by atoms with Crippen LogP contribution in [0, 0.1) is 0 Å². The van der Waals surface area contributed by atoms with Gasteiger partial charge in [0.15, 0.2) is 5.44 Å². The molecule has 1 aliphatic rings. The summed E-state index contributed by atoms with van der Waals surface area (Å²) in [4.78, 5) is 19.7. The Labute approximate surface area is 197 Å². The van der Waals surface area contributed by atoms with Crippen molar-refractivity contribution >= 4 is 49.4 Å². The largest absolute Gasteiger partial charge is 0.495 e. The molecule has 0 radical (unpaired) electrons. The molecule has 1 atom stereocenters. The van der Waals surface area contributed by atoms with E-state index in [1.54, 1.807) is 24.3 Å². The zero-order chi connectivity index (χ0) is 23.6. The van der Waals surface area contributed by atoms with Crippen molar-refractivity contribution in [1.82, 2.24) is 4.98 Å². The van der Waals surface area contributed by atoms with Crippen molar-refractivity contribution < 1.29 is 22.7 Å². The number of anilines is 1. The Bertz CT molecular complexity index is 1320. The third kappa shape index (κ3) is 4.58. The summed E-state index contributed by atoms with van der Waals surface area (Å²) in [5.74, 6) is 0.0534. The average molecular weight is 488 g/mol. The molecule has 2 heterocycles. The lowest BCUT2D eigenvalue weighted by Crippen LogP contribution is -2.27. The van der Waals surface area contributed by atoms with Gasteiger partial charge in [0.2, 0.25) is 0 Å². The number of nitrogens with zero attached hydrogens (tertiary/aromatic N) is 2. The van der Waals surface area contributed by atoms with Crippen LogP contribution in [0.1, 0.15) is 25.5 Å². The topological polar surface area (TPSA) is 101 Å². The highest BCUT2D eigenvalue weighted by atomic mass is 32.2. The predicted molar refractivity (Wildman–Crippen MR) is 131 cm³/mol. The normalized spacial score (nSPS) is 16.0. The quantitative estimate of drug-likeness (QED) is 0.479. The second-order valence-corrected chi connectivity index (χ2v) is 10.6. The Balaban J connectivity index is 1.63. The van der Waals surface area contributed by atoms with E-state index in [1.807, 2.05) is 25.1 Å². The molecule has 8 nitrogen and oxygen atoms in total. The van der Waals surface area contributed by atoms with E-state index in [1.165, 1.54) is 36.3 Å². The third-order valence-corrected chi connectivity index (χ3v) is 8.15. The molecule has 174 valence electrons. The standard InChI is InChI=1S/C23H25N3O5S2/c1-4-8-20(27)31-21-14-24-23(32-21)16-13-15-9-7-10-17(22(15)25-16)26(2)33(28,29)19-12-6-5-11-18(19)30-3/h5-7,9-13,21,25H,4,8,14H2,1-3H3. The SMILES string of the molecule is CCCC(=O)OC1CN=C(c2cc3cccc(N(C)S(=O)(=O)c4ccccc4OC)c3[nH]2)S1. The molecule has 33 heavy (non-hydrogen) atoms. The number of benzene rings is 2. The first-order valence-electron chi connectivity index (χ1n) is 10.5. The van der Waals surface area contributed by atoms with Crippen molar-refractivity contribution in [3.05, 3.63) is 54.2 Å². The molecule has 0 fully saturated rings. The number of para-hydroxylation sites is 2. The van der Waals surface area contributed by atoms with Crippen molar-refractivity contribution in [2.24, 2.45) is 4.99 Å². The average Bonchev–Trinajstić information content (AvgIpc) is 3.45. The van der Waals surface area contributed by atoms with E-state index >= 15 is 0 Å². The minimum absolute atomic E-state index is 0.0891. The smallest absolute Gasteiger partial charge is 0.306 e. The van der Waals surface area contributed by atoms with Crippen LogP contribution in [0.3, 0.4) is 0 Å². The number of thioether (sulfide) groups is 1. The maximum absolute atomic E-state index is 13.4. The monoisotopic (exact) mass is 487 g/mol. The molecule has 0 saturated carbocycles. The van der Waals surface area contributed by atoms with Crippen molar-refractivity contribution in [1.29, 1.82) is 0 Å². The summed E-state index contributed by atoms with van der Waals surface area (Å²) in [5, 5.41) is 1.57. The van der Waals surface area contributed by atoms with Crippen molar-refractivity contribution in [3.8, 4) is 5.75 Å². The molecule has 0 bridgehead atoms. The van der Waals surface area contributed by atoms with Gasteiger partial charge in [-0.15, -0.1) is 0 Å². The number of sulfonamides is 1. The zero-order valence-electron chi connectivity index (χ0n) is 18.6. The Hall–Kier alpha value is -2.98. The summed E-state index contributed by atoms with van der Waals surface area (Å²) < 4.78 is 38.7. The van der Waals surface area contributed by atoms with E-state index in [0.29, 0.717) is 24.2 Å². The minimum Gasteiger partial charge on any atom is -0.495 e. The lowest BCUT2D eigenvalue weighted by molar-refractivity contribution is -0.144. The molecule has 0 saturated heterocycles. The number of carbonyl (C=O) groups excluding carboxylic acids is 1. The molecular formula is C23H25N3O5S2. The number of carbonyl (C=O) groups is 1. The summed E-state index contributed by atoms with van der Waals surface area (Å²) in [5.41, 5.74) is 1.57. The maximum Gasteiger partial charge on any atom is 0.306 e. The number of ether oxygens (including phenoxy) is 2. The molecule has 3 aromatic rings. The Morgan fingerprint density at radius 1 is 1.24 bits per heavy atom. The highest BCUT2D eigenvalue weighted by Crippen LogP contribution is 2.35.